The van der Waals surface area contributed by atoms with E-state index in [9.17, 15) is 14.4 Å². The molecule has 0 saturated carbocycles. The summed E-state index contributed by atoms with van der Waals surface area (Å²) < 4.78 is 0. The average molecular weight is 356 g/mol. The molecule has 136 valence electrons. The number of piperidine rings is 1. The van der Waals surface area contributed by atoms with Gasteiger partial charge in [0, 0.05) is 31.8 Å². The molecule has 2 saturated heterocycles. The summed E-state index contributed by atoms with van der Waals surface area (Å²) in [6.07, 6.45) is 4.18. The Bertz CT molecular complexity index is 767. The molecule has 8 heteroatoms. The second-order valence-corrected chi connectivity index (χ2v) is 6.09. The minimum absolute atomic E-state index is 0.0803. The topological polar surface area (TPSA) is 91.3 Å². The molecular weight excluding hydrogens is 336 g/mol. The monoisotopic (exact) mass is 356 g/mol. The second kappa shape index (κ2) is 7.92. The average Bonchev–Trinajstić information content (AvgIpc) is 3.00. The number of nitrogens with one attached hydrogen (secondary N) is 1. The van der Waals surface area contributed by atoms with Crippen molar-refractivity contribution in [2.24, 2.45) is 4.99 Å². The van der Waals surface area contributed by atoms with Crippen LogP contribution in [-0.2, 0) is 14.4 Å². The molecule has 1 N–H and O–H groups in total. The summed E-state index contributed by atoms with van der Waals surface area (Å²) in [6.45, 7) is 1.22. The number of hydrogen-bond acceptors (Lipinski definition) is 6. The number of likely N-dealkylation sites (N-methyl/N-ethyl adjacent to an activating group) is 1. The maximum atomic E-state index is 12.9. The fourth-order valence-corrected chi connectivity index (χ4v) is 2.79. The minimum atomic E-state index is -0.640. The summed E-state index contributed by atoms with van der Waals surface area (Å²) in [7, 11) is 1.57. The molecule has 8 nitrogen and oxygen atoms in total. The third kappa shape index (κ3) is 3.97. The zero-order valence-electron chi connectivity index (χ0n) is 14.5. The summed E-state index contributed by atoms with van der Waals surface area (Å²) in [5.74, 6) is -1.54. The highest BCUT2D eigenvalue weighted by Gasteiger charge is 2.28. The Kier molecular flexibility index (Phi) is 5.43. The lowest BCUT2D eigenvalue weighted by Crippen LogP contribution is -2.40. The van der Waals surface area contributed by atoms with Crippen molar-refractivity contribution < 1.29 is 19.2 Å². The van der Waals surface area contributed by atoms with Gasteiger partial charge in [-0.2, -0.15) is 0 Å². The number of hydrazine groups is 1. The first-order valence-electron chi connectivity index (χ1n) is 8.46. The molecule has 0 unspecified atom stereocenters. The van der Waals surface area contributed by atoms with Gasteiger partial charge in [-0.1, -0.05) is 23.8 Å². The number of nitrogens with zero attached hydrogens (tertiary/aromatic N) is 3. The number of aliphatic imine (C=N–C) groups is 1. The zero-order valence-corrected chi connectivity index (χ0v) is 14.5. The third-order valence-electron chi connectivity index (χ3n) is 4.22. The first kappa shape index (κ1) is 17.8. The molecule has 2 fully saturated rings. The van der Waals surface area contributed by atoms with Crippen LogP contribution < -0.4 is 5.59 Å². The summed E-state index contributed by atoms with van der Waals surface area (Å²) in [6, 6.07) is 8.48. The zero-order chi connectivity index (χ0) is 18.5. The molecule has 2 amide bonds. The van der Waals surface area contributed by atoms with E-state index in [4.69, 9.17) is 4.84 Å². The maximum Gasteiger partial charge on any atom is 0.376 e. The first-order valence-corrected chi connectivity index (χ1v) is 8.46. The van der Waals surface area contributed by atoms with Gasteiger partial charge in [0.05, 0.1) is 0 Å². The van der Waals surface area contributed by atoms with Gasteiger partial charge in [0.2, 0.25) is 0 Å². The Morgan fingerprint density at radius 3 is 2.46 bits per heavy atom. The van der Waals surface area contributed by atoms with Crippen LogP contribution in [-0.4, -0.2) is 53.5 Å². The fourth-order valence-electron chi connectivity index (χ4n) is 2.79. The van der Waals surface area contributed by atoms with E-state index >= 15 is 0 Å². The minimum Gasteiger partial charge on any atom is -0.345 e. The molecule has 0 bridgehead atoms. The highest BCUT2D eigenvalue weighted by atomic mass is 16.7. The predicted molar refractivity (Wildman–Crippen MR) is 93.7 cm³/mol. The van der Waals surface area contributed by atoms with Crippen molar-refractivity contribution in [2.75, 3.05) is 20.1 Å². The van der Waals surface area contributed by atoms with E-state index in [1.54, 1.807) is 42.3 Å². The van der Waals surface area contributed by atoms with Crippen molar-refractivity contribution in [1.82, 2.24) is 15.5 Å². The normalized spacial score (nSPS) is 19.7. The molecule has 2 aliphatic heterocycles. The second-order valence-electron chi connectivity index (χ2n) is 6.09. The van der Waals surface area contributed by atoms with Gasteiger partial charge in [0.1, 0.15) is 11.4 Å². The van der Waals surface area contributed by atoms with Crippen LogP contribution in [0.25, 0.3) is 0 Å². The van der Waals surface area contributed by atoms with E-state index in [-0.39, 0.29) is 17.3 Å². The largest absolute Gasteiger partial charge is 0.376 e. The number of carbonyl (C=O) groups excluding carboxylic acids is 3. The molecule has 2 aliphatic rings. The number of likely N-dealkylation sites (tertiary alicyclic amines) is 1. The Labute approximate surface area is 151 Å². The first-order chi connectivity index (χ1) is 12.6. The van der Waals surface area contributed by atoms with Crippen LogP contribution in [0.15, 0.2) is 47.1 Å². The summed E-state index contributed by atoms with van der Waals surface area (Å²) in [5, 5.41) is 1.33. The van der Waals surface area contributed by atoms with Crippen LogP contribution in [0.2, 0.25) is 0 Å². The molecule has 26 heavy (non-hydrogen) atoms. The molecule has 1 aromatic rings. The van der Waals surface area contributed by atoms with Crippen LogP contribution in [0.5, 0.6) is 0 Å². The van der Waals surface area contributed by atoms with Crippen LogP contribution in [0.4, 0.5) is 0 Å². The SMILES string of the molecule is CN1NOC(=O)/C1=C\C(=NC(=O)c1ccccc1)C(=O)N1CCCCC1. The van der Waals surface area contributed by atoms with Gasteiger partial charge in [-0.25, -0.2) is 9.79 Å². The van der Waals surface area contributed by atoms with E-state index in [0.717, 1.165) is 19.3 Å². The van der Waals surface area contributed by atoms with Gasteiger partial charge in [-0.15, -0.1) is 0 Å². The molecule has 2 heterocycles. The highest BCUT2D eigenvalue weighted by molar-refractivity contribution is 6.45. The van der Waals surface area contributed by atoms with E-state index in [2.05, 4.69) is 10.6 Å². The van der Waals surface area contributed by atoms with Crippen molar-refractivity contribution in [3.8, 4) is 0 Å². The van der Waals surface area contributed by atoms with Crippen molar-refractivity contribution in [1.29, 1.82) is 0 Å². The summed E-state index contributed by atoms with van der Waals surface area (Å²) in [5.41, 5.74) is 2.78. The standard InChI is InChI=1S/C18H20N4O4/c1-21-15(18(25)26-20-21)12-14(17(24)22-10-6-3-7-11-22)19-16(23)13-8-4-2-5-9-13/h2,4-5,8-9,12,20H,3,6-7,10-11H2,1H3/b15-12+,19-14?. The Balaban J connectivity index is 1.94. The van der Waals surface area contributed by atoms with Crippen LogP contribution in [0.3, 0.4) is 0 Å². The molecule has 0 aromatic heterocycles. The number of carbonyl (C=O) groups is 3. The quantitative estimate of drug-likeness (QED) is 0.644. The van der Waals surface area contributed by atoms with Gasteiger partial charge in [0.25, 0.3) is 11.8 Å². The molecule has 1 aromatic carbocycles. The maximum absolute atomic E-state index is 12.9. The van der Waals surface area contributed by atoms with Crippen molar-refractivity contribution in [3.05, 3.63) is 47.7 Å². The van der Waals surface area contributed by atoms with Gasteiger partial charge in [0.15, 0.2) is 0 Å². The molecule has 0 spiro atoms. The predicted octanol–water partition coefficient (Wildman–Crippen LogP) is 1.07. The number of benzene rings is 1. The lowest BCUT2D eigenvalue weighted by atomic mass is 10.1. The van der Waals surface area contributed by atoms with Crippen molar-refractivity contribution in [2.45, 2.75) is 19.3 Å². The smallest absolute Gasteiger partial charge is 0.345 e. The fraction of sp³-hybridized carbons (Fsp3) is 0.333. The van der Waals surface area contributed by atoms with E-state index < -0.39 is 11.9 Å². The lowest BCUT2D eigenvalue weighted by Gasteiger charge is -2.26. The van der Waals surface area contributed by atoms with Gasteiger partial charge < -0.3 is 9.74 Å². The summed E-state index contributed by atoms with van der Waals surface area (Å²) >= 11 is 0. The van der Waals surface area contributed by atoms with E-state index in [1.165, 1.54) is 11.1 Å². The van der Waals surface area contributed by atoms with Crippen LogP contribution in [0, 0.1) is 0 Å². The van der Waals surface area contributed by atoms with Crippen LogP contribution >= 0.6 is 0 Å². The van der Waals surface area contributed by atoms with E-state index in [0.29, 0.717) is 18.7 Å². The number of rotatable bonds is 3. The number of hydrogen-bond donors (Lipinski definition) is 1. The molecule has 0 aliphatic carbocycles. The summed E-state index contributed by atoms with van der Waals surface area (Å²) in [4.78, 5) is 47.5. The molecular formula is C18H20N4O4. The van der Waals surface area contributed by atoms with Gasteiger partial charge in [-0.05, 0) is 31.4 Å². The Hall–Kier alpha value is -3.00. The molecule has 0 atom stereocenters. The lowest BCUT2D eigenvalue weighted by molar-refractivity contribution is -0.142. The van der Waals surface area contributed by atoms with Crippen molar-refractivity contribution >= 4 is 23.5 Å². The van der Waals surface area contributed by atoms with Crippen LogP contribution in [0.1, 0.15) is 29.6 Å². The van der Waals surface area contributed by atoms with Gasteiger partial charge in [-0.3, -0.25) is 14.6 Å². The third-order valence-corrected chi connectivity index (χ3v) is 4.22. The van der Waals surface area contributed by atoms with Crippen molar-refractivity contribution in [3.63, 3.8) is 0 Å². The van der Waals surface area contributed by atoms with E-state index in [1.807, 2.05) is 0 Å². The molecule has 0 radical (unpaired) electrons. The van der Waals surface area contributed by atoms with Gasteiger partial charge >= 0.3 is 5.97 Å². The Morgan fingerprint density at radius 1 is 1.15 bits per heavy atom. The highest BCUT2D eigenvalue weighted by Crippen LogP contribution is 2.13. The number of amides is 2. The Morgan fingerprint density at radius 2 is 1.85 bits per heavy atom. The molecule has 3 rings (SSSR count).